The summed E-state index contributed by atoms with van der Waals surface area (Å²) in [6.07, 6.45) is 0.934. The molecule has 0 radical (unpaired) electrons. The van der Waals surface area contributed by atoms with Gasteiger partial charge >= 0.3 is 0 Å². The van der Waals surface area contributed by atoms with Crippen LogP contribution < -0.4 is 5.32 Å². The predicted molar refractivity (Wildman–Crippen MR) is 97.0 cm³/mol. The van der Waals surface area contributed by atoms with Crippen LogP contribution in [0.2, 0.25) is 5.15 Å². The highest BCUT2D eigenvalue weighted by atomic mass is 35.5. The predicted octanol–water partition coefficient (Wildman–Crippen LogP) is 4.79. The minimum atomic E-state index is -0.350. The van der Waals surface area contributed by atoms with Gasteiger partial charge in [-0.25, -0.2) is 9.07 Å². The number of hydrogen-bond donors (Lipinski definition) is 1. The second-order valence-electron chi connectivity index (χ2n) is 5.64. The highest BCUT2D eigenvalue weighted by Crippen LogP contribution is 2.25. The molecule has 0 bridgehead atoms. The smallest absolute Gasteiger partial charge is 0.260 e. The van der Waals surface area contributed by atoms with E-state index in [0.29, 0.717) is 22.6 Å². The van der Waals surface area contributed by atoms with E-state index in [2.05, 4.69) is 17.3 Å². The molecule has 1 aromatic heterocycles. The van der Waals surface area contributed by atoms with Crippen molar-refractivity contribution in [2.24, 2.45) is 0 Å². The van der Waals surface area contributed by atoms with Gasteiger partial charge in [0, 0.05) is 5.69 Å². The number of aryl methyl sites for hydroxylation is 2. The number of nitrogens with one attached hydrogen (secondary N) is 1. The number of nitrogens with zero attached hydrogens (tertiary/aromatic N) is 2. The van der Waals surface area contributed by atoms with Crippen molar-refractivity contribution in [2.45, 2.75) is 20.3 Å². The van der Waals surface area contributed by atoms with E-state index in [4.69, 9.17) is 11.6 Å². The lowest BCUT2D eigenvalue weighted by Crippen LogP contribution is -2.13. The van der Waals surface area contributed by atoms with Crippen molar-refractivity contribution in [1.82, 2.24) is 9.78 Å². The zero-order valence-corrected chi connectivity index (χ0v) is 14.6. The summed E-state index contributed by atoms with van der Waals surface area (Å²) in [6, 6.07) is 13.4. The van der Waals surface area contributed by atoms with E-state index in [-0.39, 0.29) is 16.9 Å². The van der Waals surface area contributed by atoms with Crippen molar-refractivity contribution in [3.63, 3.8) is 0 Å². The highest BCUT2D eigenvalue weighted by Gasteiger charge is 2.21. The number of carbonyl (C=O) groups is 1. The number of carbonyl (C=O) groups excluding carboxylic acids is 1. The second-order valence-corrected chi connectivity index (χ2v) is 6.00. The van der Waals surface area contributed by atoms with Crippen LogP contribution in [-0.4, -0.2) is 15.7 Å². The third-order valence-corrected chi connectivity index (χ3v) is 4.27. The quantitative estimate of drug-likeness (QED) is 0.729. The standard InChI is InChI=1S/C19H17ClFN3O/c1-3-13-4-8-15(9-5-13)22-19(25)17-12(2)23-24(18(17)20)16-10-6-14(21)7-11-16/h4-11H,3H2,1-2H3,(H,22,25). The number of halogens is 2. The molecule has 0 atom stereocenters. The third-order valence-electron chi connectivity index (χ3n) is 3.92. The Kier molecular flexibility index (Phi) is 4.86. The van der Waals surface area contributed by atoms with Crippen molar-refractivity contribution < 1.29 is 9.18 Å². The topological polar surface area (TPSA) is 46.9 Å². The lowest BCUT2D eigenvalue weighted by Gasteiger charge is -2.06. The molecule has 1 amide bonds. The van der Waals surface area contributed by atoms with Gasteiger partial charge < -0.3 is 5.32 Å². The summed E-state index contributed by atoms with van der Waals surface area (Å²) >= 11 is 6.36. The maximum absolute atomic E-state index is 13.1. The van der Waals surface area contributed by atoms with Crippen molar-refractivity contribution in [2.75, 3.05) is 5.32 Å². The van der Waals surface area contributed by atoms with E-state index >= 15 is 0 Å². The molecular weight excluding hydrogens is 341 g/mol. The van der Waals surface area contributed by atoms with Crippen LogP contribution in [0, 0.1) is 12.7 Å². The lowest BCUT2D eigenvalue weighted by atomic mass is 10.1. The number of amides is 1. The van der Waals surface area contributed by atoms with Crippen LogP contribution >= 0.6 is 11.6 Å². The lowest BCUT2D eigenvalue weighted by molar-refractivity contribution is 0.102. The summed E-state index contributed by atoms with van der Waals surface area (Å²) in [4.78, 5) is 12.6. The average Bonchev–Trinajstić information content (AvgIpc) is 2.91. The average molecular weight is 358 g/mol. The van der Waals surface area contributed by atoms with Gasteiger partial charge in [-0.2, -0.15) is 5.10 Å². The maximum Gasteiger partial charge on any atom is 0.260 e. The summed E-state index contributed by atoms with van der Waals surface area (Å²) in [5.41, 5.74) is 3.26. The van der Waals surface area contributed by atoms with E-state index in [1.807, 2.05) is 24.3 Å². The zero-order valence-electron chi connectivity index (χ0n) is 13.9. The first-order valence-electron chi connectivity index (χ1n) is 7.91. The van der Waals surface area contributed by atoms with Gasteiger partial charge in [0.1, 0.15) is 16.5 Å². The van der Waals surface area contributed by atoms with E-state index < -0.39 is 0 Å². The fraction of sp³-hybridized carbons (Fsp3) is 0.158. The Morgan fingerprint density at radius 2 is 1.80 bits per heavy atom. The zero-order chi connectivity index (χ0) is 18.0. The van der Waals surface area contributed by atoms with Crippen LogP contribution in [0.5, 0.6) is 0 Å². The van der Waals surface area contributed by atoms with Crippen molar-refractivity contribution in [1.29, 1.82) is 0 Å². The molecule has 1 N–H and O–H groups in total. The molecule has 0 aliphatic rings. The van der Waals surface area contributed by atoms with Crippen LogP contribution in [0.25, 0.3) is 5.69 Å². The summed E-state index contributed by atoms with van der Waals surface area (Å²) < 4.78 is 14.5. The first-order valence-corrected chi connectivity index (χ1v) is 8.28. The molecule has 3 rings (SSSR count). The van der Waals surface area contributed by atoms with Crippen molar-refractivity contribution in [3.8, 4) is 5.69 Å². The number of benzene rings is 2. The third kappa shape index (κ3) is 3.56. The molecule has 25 heavy (non-hydrogen) atoms. The van der Waals surface area contributed by atoms with E-state index in [1.165, 1.54) is 22.4 Å². The number of hydrogen-bond acceptors (Lipinski definition) is 2. The number of aromatic nitrogens is 2. The van der Waals surface area contributed by atoms with Gasteiger partial charge in [0.2, 0.25) is 0 Å². The van der Waals surface area contributed by atoms with E-state index in [0.717, 1.165) is 6.42 Å². The van der Waals surface area contributed by atoms with Crippen molar-refractivity contribution in [3.05, 3.63) is 76.3 Å². The van der Waals surface area contributed by atoms with Gasteiger partial charge in [-0.15, -0.1) is 0 Å². The summed E-state index contributed by atoms with van der Waals surface area (Å²) in [7, 11) is 0. The monoisotopic (exact) mass is 357 g/mol. The second kappa shape index (κ2) is 7.07. The maximum atomic E-state index is 13.1. The Balaban J connectivity index is 1.88. The molecule has 0 saturated carbocycles. The molecule has 4 nitrogen and oxygen atoms in total. The fourth-order valence-electron chi connectivity index (χ4n) is 2.53. The Labute approximate surface area is 150 Å². The van der Waals surface area contributed by atoms with Crippen LogP contribution in [0.1, 0.15) is 28.5 Å². The van der Waals surface area contributed by atoms with Crippen LogP contribution in [0.3, 0.4) is 0 Å². The molecule has 0 spiro atoms. The Hall–Kier alpha value is -2.66. The van der Waals surface area contributed by atoms with Gasteiger partial charge in [0.15, 0.2) is 0 Å². The molecule has 0 aliphatic carbocycles. The minimum absolute atomic E-state index is 0.187. The van der Waals surface area contributed by atoms with E-state index in [1.54, 1.807) is 19.1 Å². The molecule has 6 heteroatoms. The van der Waals surface area contributed by atoms with Crippen LogP contribution in [-0.2, 0) is 6.42 Å². The van der Waals surface area contributed by atoms with Gasteiger partial charge in [-0.1, -0.05) is 30.7 Å². The summed E-state index contributed by atoms with van der Waals surface area (Å²) in [5.74, 6) is -0.683. The molecule has 0 aliphatic heterocycles. The first kappa shape index (κ1) is 17.2. The molecule has 0 unspecified atom stereocenters. The first-order chi connectivity index (χ1) is 12.0. The van der Waals surface area contributed by atoms with Crippen molar-refractivity contribution >= 4 is 23.2 Å². The molecular formula is C19H17ClFN3O. The Bertz CT molecular complexity index is 902. The SMILES string of the molecule is CCc1ccc(NC(=O)c2c(C)nn(-c3ccc(F)cc3)c2Cl)cc1. The number of rotatable bonds is 4. The number of anilines is 1. The fourth-order valence-corrected chi connectivity index (χ4v) is 2.89. The van der Waals surface area contributed by atoms with Gasteiger partial charge in [-0.3, -0.25) is 4.79 Å². The van der Waals surface area contributed by atoms with Crippen LogP contribution in [0.15, 0.2) is 48.5 Å². The normalized spacial score (nSPS) is 10.7. The van der Waals surface area contributed by atoms with Crippen LogP contribution in [0.4, 0.5) is 10.1 Å². The largest absolute Gasteiger partial charge is 0.322 e. The summed E-state index contributed by atoms with van der Waals surface area (Å²) in [5, 5.41) is 7.32. The molecule has 3 aromatic rings. The Morgan fingerprint density at radius 1 is 1.16 bits per heavy atom. The summed E-state index contributed by atoms with van der Waals surface area (Å²) in [6.45, 7) is 3.78. The molecule has 2 aromatic carbocycles. The van der Waals surface area contributed by atoms with Gasteiger partial charge in [0.05, 0.1) is 11.4 Å². The van der Waals surface area contributed by atoms with E-state index in [9.17, 15) is 9.18 Å². The van der Waals surface area contributed by atoms with Gasteiger partial charge in [0.25, 0.3) is 5.91 Å². The molecule has 1 heterocycles. The Morgan fingerprint density at radius 3 is 2.40 bits per heavy atom. The minimum Gasteiger partial charge on any atom is -0.322 e. The molecule has 0 saturated heterocycles. The highest BCUT2D eigenvalue weighted by molar-refractivity contribution is 6.34. The van der Waals surface area contributed by atoms with Gasteiger partial charge in [-0.05, 0) is 55.3 Å². The molecule has 128 valence electrons. The molecule has 0 fully saturated rings.